The zero-order valence-electron chi connectivity index (χ0n) is 11.7. The first-order valence-corrected chi connectivity index (χ1v) is 6.39. The highest BCUT2D eigenvalue weighted by Gasteiger charge is 2.36. The normalized spacial score (nSPS) is 12.0. The highest BCUT2D eigenvalue weighted by atomic mass is 19.4. The fourth-order valence-electron chi connectivity index (χ4n) is 1.97. The number of aryl methyl sites for hydroxylation is 2. The highest BCUT2D eigenvalue weighted by molar-refractivity contribution is 5.46. The van der Waals surface area contributed by atoms with E-state index in [1.165, 1.54) is 0 Å². The van der Waals surface area contributed by atoms with Crippen LogP contribution in [0, 0.1) is 13.8 Å². The second kappa shape index (κ2) is 4.97. The molecule has 0 bridgehead atoms. The molecule has 7 nitrogen and oxygen atoms in total. The summed E-state index contributed by atoms with van der Waals surface area (Å²) in [7, 11) is 0. The lowest BCUT2D eigenvalue weighted by molar-refractivity contribution is -0.144. The summed E-state index contributed by atoms with van der Waals surface area (Å²) in [6.07, 6.45) is -2.96. The van der Waals surface area contributed by atoms with E-state index >= 15 is 0 Å². The number of fused-ring (bicyclic) bond motifs is 1. The molecule has 0 saturated heterocycles. The Balaban J connectivity index is 1.97. The van der Waals surface area contributed by atoms with Crippen LogP contribution in [-0.2, 0) is 12.7 Å². The maximum absolute atomic E-state index is 12.7. The van der Waals surface area contributed by atoms with Gasteiger partial charge in [-0.25, -0.2) is 4.98 Å². The van der Waals surface area contributed by atoms with Crippen LogP contribution in [0.25, 0.3) is 5.78 Å². The number of alkyl halides is 3. The predicted molar refractivity (Wildman–Crippen MR) is 71.2 cm³/mol. The molecule has 0 radical (unpaired) electrons. The van der Waals surface area contributed by atoms with Gasteiger partial charge in [0.15, 0.2) is 0 Å². The number of hydrogen-bond donors (Lipinski definition) is 2. The van der Waals surface area contributed by atoms with E-state index in [4.69, 9.17) is 0 Å². The highest BCUT2D eigenvalue weighted by Crippen LogP contribution is 2.27. The van der Waals surface area contributed by atoms with Gasteiger partial charge >= 0.3 is 6.18 Å². The van der Waals surface area contributed by atoms with E-state index in [2.05, 4.69) is 30.6 Å². The molecule has 10 heteroatoms. The zero-order chi connectivity index (χ0) is 15.9. The first-order valence-electron chi connectivity index (χ1n) is 6.39. The number of anilines is 1. The fraction of sp³-hybridized carbons (Fsp3) is 0.333. The maximum atomic E-state index is 12.7. The molecule has 3 aromatic rings. The van der Waals surface area contributed by atoms with Crippen LogP contribution in [0.5, 0.6) is 0 Å². The summed E-state index contributed by atoms with van der Waals surface area (Å²) in [6, 6.07) is 1.61. The molecule has 3 aromatic heterocycles. The van der Waals surface area contributed by atoms with Crippen molar-refractivity contribution in [2.75, 3.05) is 5.32 Å². The SMILES string of the molecule is Cc1cc(NCc2cn[nH]c2C)n2nc(C(F)(F)F)nc2n1. The third kappa shape index (κ3) is 2.59. The smallest absolute Gasteiger partial charge is 0.366 e. The van der Waals surface area contributed by atoms with Crippen molar-refractivity contribution in [2.45, 2.75) is 26.6 Å². The number of aromatic amines is 1. The number of nitrogens with one attached hydrogen (secondary N) is 2. The number of nitrogens with zero attached hydrogens (tertiary/aromatic N) is 5. The Hall–Kier alpha value is -2.65. The van der Waals surface area contributed by atoms with Crippen molar-refractivity contribution in [1.82, 2.24) is 29.8 Å². The van der Waals surface area contributed by atoms with Crippen LogP contribution in [0.4, 0.5) is 19.0 Å². The van der Waals surface area contributed by atoms with Crippen molar-refractivity contribution in [1.29, 1.82) is 0 Å². The molecular formula is C12H12F3N7. The van der Waals surface area contributed by atoms with E-state index in [0.29, 0.717) is 18.1 Å². The number of rotatable bonds is 3. The van der Waals surface area contributed by atoms with E-state index < -0.39 is 12.0 Å². The van der Waals surface area contributed by atoms with Crippen molar-refractivity contribution in [3.63, 3.8) is 0 Å². The minimum atomic E-state index is -4.61. The molecule has 0 aromatic carbocycles. The topological polar surface area (TPSA) is 83.8 Å². The van der Waals surface area contributed by atoms with Crippen molar-refractivity contribution in [3.8, 4) is 0 Å². The van der Waals surface area contributed by atoms with Gasteiger partial charge in [-0.05, 0) is 13.8 Å². The summed E-state index contributed by atoms with van der Waals surface area (Å²) in [4.78, 5) is 7.39. The van der Waals surface area contributed by atoms with Crippen molar-refractivity contribution >= 4 is 11.6 Å². The lowest BCUT2D eigenvalue weighted by Gasteiger charge is -2.08. The van der Waals surface area contributed by atoms with Crippen LogP contribution < -0.4 is 5.32 Å². The molecule has 0 aliphatic carbocycles. The summed E-state index contributed by atoms with van der Waals surface area (Å²) in [5, 5.41) is 13.2. The van der Waals surface area contributed by atoms with Crippen LogP contribution in [0.3, 0.4) is 0 Å². The van der Waals surface area contributed by atoms with Gasteiger partial charge < -0.3 is 5.32 Å². The van der Waals surface area contributed by atoms with Crippen molar-refractivity contribution in [3.05, 3.63) is 35.0 Å². The molecule has 0 spiro atoms. The Kier molecular flexibility index (Phi) is 3.23. The zero-order valence-corrected chi connectivity index (χ0v) is 11.7. The second-order valence-corrected chi connectivity index (χ2v) is 4.80. The molecular weight excluding hydrogens is 299 g/mol. The lowest BCUT2D eigenvalue weighted by atomic mass is 10.2. The molecule has 0 aliphatic heterocycles. The van der Waals surface area contributed by atoms with Crippen molar-refractivity contribution < 1.29 is 13.2 Å². The first kappa shape index (κ1) is 14.3. The Morgan fingerprint density at radius 3 is 2.68 bits per heavy atom. The third-order valence-electron chi connectivity index (χ3n) is 3.09. The van der Waals surface area contributed by atoms with E-state index in [0.717, 1.165) is 15.8 Å². The third-order valence-corrected chi connectivity index (χ3v) is 3.09. The summed E-state index contributed by atoms with van der Waals surface area (Å²) in [5.74, 6) is -0.932. The van der Waals surface area contributed by atoms with Gasteiger partial charge in [0.2, 0.25) is 0 Å². The Morgan fingerprint density at radius 1 is 1.27 bits per heavy atom. The second-order valence-electron chi connectivity index (χ2n) is 4.80. The van der Waals surface area contributed by atoms with E-state index in [1.807, 2.05) is 6.92 Å². The van der Waals surface area contributed by atoms with Crippen LogP contribution in [0.1, 0.15) is 22.8 Å². The van der Waals surface area contributed by atoms with Crippen LogP contribution in [0.15, 0.2) is 12.3 Å². The molecule has 116 valence electrons. The molecule has 0 aliphatic rings. The average Bonchev–Trinajstić information content (AvgIpc) is 3.01. The predicted octanol–water partition coefficient (Wildman–Crippen LogP) is 2.10. The Bertz CT molecular complexity index is 818. The van der Waals surface area contributed by atoms with Gasteiger partial charge in [0.25, 0.3) is 11.6 Å². The molecule has 3 heterocycles. The van der Waals surface area contributed by atoms with Gasteiger partial charge in [0, 0.05) is 29.6 Å². The van der Waals surface area contributed by atoms with E-state index in [1.54, 1.807) is 19.2 Å². The minimum Gasteiger partial charge on any atom is -0.366 e. The van der Waals surface area contributed by atoms with E-state index in [-0.39, 0.29) is 5.78 Å². The number of halogens is 3. The van der Waals surface area contributed by atoms with Gasteiger partial charge in [-0.1, -0.05) is 0 Å². The largest absolute Gasteiger partial charge is 0.453 e. The minimum absolute atomic E-state index is 0.0984. The average molecular weight is 311 g/mol. The quantitative estimate of drug-likeness (QED) is 0.774. The van der Waals surface area contributed by atoms with Crippen LogP contribution in [-0.4, -0.2) is 29.8 Å². The van der Waals surface area contributed by atoms with E-state index in [9.17, 15) is 13.2 Å². The molecule has 0 amide bonds. The standard InChI is InChI=1S/C12H12F3N7/c1-6-3-9(16-4-8-5-17-20-7(8)2)22-11(18-6)19-10(21-22)12(13,14)15/h3,5,16H,4H2,1-2H3,(H,17,20). The summed E-state index contributed by atoms with van der Waals surface area (Å²) >= 11 is 0. The van der Waals surface area contributed by atoms with Crippen LogP contribution >= 0.6 is 0 Å². The molecule has 0 atom stereocenters. The molecule has 2 N–H and O–H groups in total. The Labute approximate surface area is 122 Å². The number of hydrogen-bond acceptors (Lipinski definition) is 5. The number of H-pyrrole nitrogens is 1. The fourth-order valence-corrected chi connectivity index (χ4v) is 1.97. The van der Waals surface area contributed by atoms with Gasteiger partial charge in [-0.3, -0.25) is 5.10 Å². The monoisotopic (exact) mass is 311 g/mol. The van der Waals surface area contributed by atoms with Gasteiger partial charge in [-0.2, -0.15) is 27.8 Å². The van der Waals surface area contributed by atoms with Gasteiger partial charge in [-0.15, -0.1) is 5.10 Å². The lowest BCUT2D eigenvalue weighted by Crippen LogP contribution is -2.09. The molecule has 0 unspecified atom stereocenters. The van der Waals surface area contributed by atoms with Crippen molar-refractivity contribution in [2.24, 2.45) is 0 Å². The van der Waals surface area contributed by atoms with Gasteiger partial charge in [0.05, 0.1) is 6.20 Å². The molecule has 22 heavy (non-hydrogen) atoms. The van der Waals surface area contributed by atoms with Crippen LogP contribution in [0.2, 0.25) is 0 Å². The summed E-state index contributed by atoms with van der Waals surface area (Å²) < 4.78 is 39.2. The Morgan fingerprint density at radius 2 is 2.05 bits per heavy atom. The molecule has 0 fully saturated rings. The first-order chi connectivity index (χ1) is 10.3. The number of aromatic nitrogens is 6. The summed E-state index contributed by atoms with van der Waals surface area (Å²) in [6.45, 7) is 3.92. The summed E-state index contributed by atoms with van der Waals surface area (Å²) in [5.41, 5.74) is 2.32. The maximum Gasteiger partial charge on any atom is 0.453 e. The molecule has 0 saturated carbocycles. The van der Waals surface area contributed by atoms with Gasteiger partial charge in [0.1, 0.15) is 5.82 Å². The molecule has 3 rings (SSSR count).